The number of rotatable bonds is 4. The molecule has 132 valence electrons. The van der Waals surface area contributed by atoms with Crippen LogP contribution in [0.15, 0.2) is 58.6 Å². The van der Waals surface area contributed by atoms with Gasteiger partial charge in [-0.05, 0) is 68.1 Å². The molecule has 0 aliphatic carbocycles. The van der Waals surface area contributed by atoms with Gasteiger partial charge >= 0.3 is 0 Å². The van der Waals surface area contributed by atoms with Crippen molar-refractivity contribution in [3.8, 4) is 0 Å². The Bertz CT molecular complexity index is 921. The minimum absolute atomic E-state index is 0.434. The summed E-state index contributed by atoms with van der Waals surface area (Å²) in [6.45, 7) is 3.80. The third-order valence-corrected chi connectivity index (χ3v) is 4.35. The van der Waals surface area contributed by atoms with Gasteiger partial charge in [0.1, 0.15) is 17.2 Å². The Hall–Kier alpha value is -2.80. The van der Waals surface area contributed by atoms with Gasteiger partial charge in [-0.15, -0.1) is 0 Å². The molecule has 0 aliphatic rings. The van der Waals surface area contributed by atoms with Gasteiger partial charge in [0.2, 0.25) is 0 Å². The van der Waals surface area contributed by atoms with Crippen LogP contribution in [0.4, 0.5) is 14.5 Å². The molecule has 7 heteroatoms. The van der Waals surface area contributed by atoms with Crippen LogP contribution in [0.2, 0.25) is 0 Å². The zero-order chi connectivity index (χ0) is 18.7. The number of nitrogens with zero attached hydrogens (tertiary/aromatic N) is 2. The molecule has 1 amide bonds. The van der Waals surface area contributed by atoms with E-state index in [1.807, 2.05) is 19.9 Å². The zero-order valence-electron chi connectivity index (χ0n) is 14.1. The van der Waals surface area contributed by atoms with Crippen LogP contribution in [0.3, 0.4) is 0 Å². The van der Waals surface area contributed by atoms with E-state index in [1.54, 1.807) is 24.3 Å². The lowest BCUT2D eigenvalue weighted by atomic mass is 10.2. The van der Waals surface area contributed by atoms with Crippen LogP contribution in [0.1, 0.15) is 21.7 Å². The monoisotopic (exact) mass is 371 g/mol. The highest BCUT2D eigenvalue weighted by atomic mass is 32.2. The fraction of sp³-hybridized carbons (Fsp3) is 0.105. The summed E-state index contributed by atoms with van der Waals surface area (Å²) in [6, 6.07) is 12.1. The highest BCUT2D eigenvalue weighted by molar-refractivity contribution is 7.99. The van der Waals surface area contributed by atoms with Gasteiger partial charge < -0.3 is 5.32 Å². The second kappa shape index (κ2) is 7.61. The smallest absolute Gasteiger partial charge is 0.261 e. The van der Waals surface area contributed by atoms with Crippen LogP contribution in [-0.4, -0.2) is 15.9 Å². The minimum atomic E-state index is -0.901. The maximum absolute atomic E-state index is 13.7. The summed E-state index contributed by atoms with van der Waals surface area (Å²) in [5, 5.41) is 3.12. The lowest BCUT2D eigenvalue weighted by Gasteiger charge is -2.08. The van der Waals surface area contributed by atoms with Crippen LogP contribution in [0, 0.1) is 25.5 Å². The van der Waals surface area contributed by atoms with E-state index in [4.69, 9.17) is 0 Å². The number of amides is 1. The third-order valence-electron chi connectivity index (χ3n) is 3.47. The molecule has 3 rings (SSSR count). The van der Waals surface area contributed by atoms with Crippen LogP contribution in [-0.2, 0) is 0 Å². The van der Waals surface area contributed by atoms with Gasteiger partial charge in [0, 0.05) is 22.0 Å². The lowest BCUT2D eigenvalue weighted by molar-refractivity contribution is 0.101. The maximum atomic E-state index is 13.7. The first-order valence-corrected chi connectivity index (χ1v) is 8.59. The highest BCUT2D eigenvalue weighted by Crippen LogP contribution is 2.26. The topological polar surface area (TPSA) is 54.9 Å². The van der Waals surface area contributed by atoms with E-state index in [0.717, 1.165) is 28.4 Å². The summed E-state index contributed by atoms with van der Waals surface area (Å²) in [5.74, 6) is -2.64. The van der Waals surface area contributed by atoms with Crippen molar-refractivity contribution in [1.82, 2.24) is 9.97 Å². The molecule has 0 saturated heterocycles. The Morgan fingerprint density at radius 3 is 2.12 bits per heavy atom. The number of carbonyl (C=O) groups excluding carboxylic acids is 1. The molecule has 0 atom stereocenters. The molecular formula is C19H15F2N3OS. The Kier molecular flexibility index (Phi) is 5.27. The number of carbonyl (C=O) groups is 1. The molecule has 0 spiro atoms. The van der Waals surface area contributed by atoms with Crippen LogP contribution in [0.5, 0.6) is 0 Å². The SMILES string of the molecule is Cc1cc(C)nc(Sc2ccc(NC(=O)c3c(F)cccc3F)cc2)n1. The third kappa shape index (κ3) is 4.23. The van der Waals surface area contributed by atoms with Crippen molar-refractivity contribution < 1.29 is 13.6 Å². The van der Waals surface area contributed by atoms with Crippen molar-refractivity contribution in [3.05, 3.63) is 77.1 Å². The molecule has 0 fully saturated rings. The van der Waals surface area contributed by atoms with E-state index in [0.29, 0.717) is 10.8 Å². The van der Waals surface area contributed by atoms with Crippen molar-refractivity contribution in [2.75, 3.05) is 5.32 Å². The van der Waals surface area contributed by atoms with E-state index >= 15 is 0 Å². The van der Waals surface area contributed by atoms with E-state index in [1.165, 1.54) is 17.8 Å². The number of aromatic nitrogens is 2. The van der Waals surface area contributed by atoms with Crippen LogP contribution >= 0.6 is 11.8 Å². The quantitative estimate of drug-likeness (QED) is 0.671. The normalized spacial score (nSPS) is 10.6. The fourth-order valence-electron chi connectivity index (χ4n) is 2.36. The van der Waals surface area contributed by atoms with E-state index in [-0.39, 0.29) is 0 Å². The average molecular weight is 371 g/mol. The molecule has 1 heterocycles. The number of halogens is 2. The molecule has 0 saturated carbocycles. The molecule has 0 aliphatic heterocycles. The van der Waals surface area contributed by atoms with Gasteiger partial charge in [0.15, 0.2) is 5.16 Å². The fourth-order valence-corrected chi connectivity index (χ4v) is 3.22. The molecule has 26 heavy (non-hydrogen) atoms. The second-order valence-corrected chi connectivity index (χ2v) is 6.65. The van der Waals surface area contributed by atoms with E-state index in [9.17, 15) is 13.6 Å². The van der Waals surface area contributed by atoms with Gasteiger partial charge in [-0.25, -0.2) is 18.7 Å². The lowest BCUT2D eigenvalue weighted by Crippen LogP contribution is -2.15. The Labute approximate surface area is 153 Å². The summed E-state index contributed by atoms with van der Waals surface area (Å²) in [6.07, 6.45) is 0. The molecular weight excluding hydrogens is 356 g/mol. The summed E-state index contributed by atoms with van der Waals surface area (Å²) >= 11 is 1.39. The maximum Gasteiger partial charge on any atom is 0.261 e. The number of aryl methyl sites for hydroxylation is 2. The summed E-state index contributed by atoms with van der Waals surface area (Å²) in [4.78, 5) is 21.7. The second-order valence-electron chi connectivity index (χ2n) is 5.61. The van der Waals surface area contributed by atoms with Gasteiger partial charge in [-0.3, -0.25) is 4.79 Å². The van der Waals surface area contributed by atoms with Crippen LogP contribution in [0.25, 0.3) is 0 Å². The summed E-state index contributed by atoms with van der Waals surface area (Å²) < 4.78 is 27.3. The number of hydrogen-bond donors (Lipinski definition) is 1. The van der Waals surface area contributed by atoms with Crippen molar-refractivity contribution in [3.63, 3.8) is 0 Å². The van der Waals surface area contributed by atoms with Crippen molar-refractivity contribution >= 4 is 23.4 Å². The number of anilines is 1. The highest BCUT2D eigenvalue weighted by Gasteiger charge is 2.17. The van der Waals surface area contributed by atoms with E-state index in [2.05, 4.69) is 15.3 Å². The number of benzene rings is 2. The average Bonchev–Trinajstić information content (AvgIpc) is 2.55. The van der Waals surface area contributed by atoms with Crippen molar-refractivity contribution in [2.45, 2.75) is 23.9 Å². The summed E-state index contributed by atoms with van der Waals surface area (Å²) in [7, 11) is 0. The molecule has 0 bridgehead atoms. The molecule has 0 radical (unpaired) electrons. The van der Waals surface area contributed by atoms with Crippen molar-refractivity contribution in [2.24, 2.45) is 0 Å². The van der Waals surface area contributed by atoms with E-state index < -0.39 is 23.1 Å². The van der Waals surface area contributed by atoms with Gasteiger partial charge in [0.05, 0.1) is 0 Å². The standard InChI is InChI=1S/C19H15F2N3OS/c1-11-10-12(2)23-19(22-11)26-14-8-6-13(7-9-14)24-18(25)17-15(20)4-3-5-16(17)21/h3-10H,1-2H3,(H,24,25). The molecule has 4 nitrogen and oxygen atoms in total. The molecule has 0 unspecified atom stereocenters. The number of nitrogens with one attached hydrogen (secondary N) is 1. The number of hydrogen-bond acceptors (Lipinski definition) is 4. The molecule has 3 aromatic rings. The van der Waals surface area contributed by atoms with Gasteiger partial charge in [-0.2, -0.15) is 0 Å². The predicted molar refractivity (Wildman–Crippen MR) is 96.4 cm³/mol. The first kappa shape index (κ1) is 18.0. The predicted octanol–water partition coefficient (Wildman–Crippen LogP) is 4.78. The minimum Gasteiger partial charge on any atom is -0.322 e. The Morgan fingerprint density at radius 2 is 1.54 bits per heavy atom. The van der Waals surface area contributed by atoms with Gasteiger partial charge in [0.25, 0.3) is 5.91 Å². The first-order valence-electron chi connectivity index (χ1n) is 7.78. The largest absolute Gasteiger partial charge is 0.322 e. The molecule has 1 aromatic heterocycles. The Balaban J connectivity index is 1.72. The zero-order valence-corrected chi connectivity index (χ0v) is 14.9. The first-order chi connectivity index (χ1) is 12.4. The van der Waals surface area contributed by atoms with Crippen LogP contribution < -0.4 is 5.32 Å². The molecule has 2 aromatic carbocycles. The van der Waals surface area contributed by atoms with Crippen molar-refractivity contribution in [1.29, 1.82) is 0 Å². The Morgan fingerprint density at radius 1 is 0.962 bits per heavy atom. The summed E-state index contributed by atoms with van der Waals surface area (Å²) in [5.41, 5.74) is 1.60. The van der Waals surface area contributed by atoms with Gasteiger partial charge in [-0.1, -0.05) is 6.07 Å². The molecule has 1 N–H and O–H groups in total.